The van der Waals surface area contributed by atoms with E-state index >= 15 is 0 Å². The Morgan fingerprint density at radius 3 is 2.94 bits per heavy atom. The lowest BCUT2D eigenvalue weighted by Gasteiger charge is -2.13. The van der Waals surface area contributed by atoms with Gasteiger partial charge in [0, 0.05) is 13.0 Å². The molecule has 1 aromatic heterocycles. The topological polar surface area (TPSA) is 94.0 Å². The summed E-state index contributed by atoms with van der Waals surface area (Å²) < 4.78 is 4.57. The summed E-state index contributed by atoms with van der Waals surface area (Å²) in [6, 6.07) is -0.440. The van der Waals surface area contributed by atoms with Crippen LogP contribution in [0.25, 0.3) is 0 Å². The number of aromatic nitrogens is 2. The molecule has 6 nitrogen and oxygen atoms in total. The highest BCUT2D eigenvalue weighted by Crippen LogP contribution is 2.02. The average Bonchev–Trinajstić information content (AvgIpc) is 2.69. The molecule has 0 saturated heterocycles. The zero-order valence-corrected chi connectivity index (χ0v) is 9.64. The minimum absolute atomic E-state index is 0.128. The number of hydrogen-bond donors (Lipinski definition) is 2. The van der Waals surface area contributed by atoms with Crippen LogP contribution in [-0.4, -0.2) is 28.6 Å². The van der Waals surface area contributed by atoms with Gasteiger partial charge in [0.15, 0.2) is 5.82 Å². The van der Waals surface area contributed by atoms with Crippen molar-refractivity contribution < 1.29 is 9.32 Å². The van der Waals surface area contributed by atoms with Gasteiger partial charge in [-0.3, -0.25) is 4.79 Å². The molecule has 6 heteroatoms. The number of carbonyl (C=O) groups is 1. The van der Waals surface area contributed by atoms with Gasteiger partial charge in [0.1, 0.15) is 0 Å². The predicted molar refractivity (Wildman–Crippen MR) is 58.4 cm³/mol. The first kappa shape index (κ1) is 12.6. The molecule has 1 amide bonds. The standard InChI is InChI=1S/C10H18N4O2/c1-7(2)5-8(11)10(15)12-4-3-9-13-6-16-14-9/h6-8H,3-5,11H2,1-2H3,(H,12,15)/t8-/m0/s1. The normalized spacial score (nSPS) is 12.8. The molecule has 3 N–H and O–H groups in total. The van der Waals surface area contributed by atoms with Gasteiger partial charge >= 0.3 is 0 Å². The van der Waals surface area contributed by atoms with Crippen molar-refractivity contribution in [2.45, 2.75) is 32.7 Å². The minimum atomic E-state index is -0.440. The van der Waals surface area contributed by atoms with Gasteiger partial charge in [-0.15, -0.1) is 0 Å². The van der Waals surface area contributed by atoms with Gasteiger partial charge < -0.3 is 15.6 Å². The van der Waals surface area contributed by atoms with E-state index in [1.807, 2.05) is 13.8 Å². The van der Waals surface area contributed by atoms with Crippen molar-refractivity contribution in [3.05, 3.63) is 12.2 Å². The first-order chi connectivity index (χ1) is 7.59. The molecule has 0 aliphatic heterocycles. The molecular weight excluding hydrogens is 208 g/mol. The van der Waals surface area contributed by atoms with Crippen LogP contribution in [0.5, 0.6) is 0 Å². The molecule has 90 valence electrons. The van der Waals surface area contributed by atoms with E-state index < -0.39 is 6.04 Å². The van der Waals surface area contributed by atoms with Crippen LogP contribution in [0.3, 0.4) is 0 Å². The lowest BCUT2D eigenvalue weighted by atomic mass is 10.0. The Kier molecular flexibility index (Phi) is 4.91. The third-order valence-electron chi connectivity index (χ3n) is 2.12. The molecule has 16 heavy (non-hydrogen) atoms. The highest BCUT2D eigenvalue weighted by atomic mass is 16.5. The van der Waals surface area contributed by atoms with Crippen LogP contribution < -0.4 is 11.1 Å². The summed E-state index contributed by atoms with van der Waals surface area (Å²) in [6.07, 6.45) is 2.51. The second kappa shape index (κ2) is 6.22. The molecule has 0 fully saturated rings. The van der Waals surface area contributed by atoms with Gasteiger partial charge in [0.25, 0.3) is 0 Å². The van der Waals surface area contributed by atoms with E-state index in [2.05, 4.69) is 20.0 Å². The molecule has 0 radical (unpaired) electrons. The fourth-order valence-corrected chi connectivity index (χ4v) is 1.35. The maximum Gasteiger partial charge on any atom is 0.236 e. The number of hydrogen-bond acceptors (Lipinski definition) is 5. The number of amides is 1. The van der Waals surface area contributed by atoms with Crippen LogP contribution >= 0.6 is 0 Å². The Morgan fingerprint density at radius 1 is 1.62 bits per heavy atom. The Morgan fingerprint density at radius 2 is 2.38 bits per heavy atom. The van der Waals surface area contributed by atoms with Crippen LogP contribution in [-0.2, 0) is 11.2 Å². The fraction of sp³-hybridized carbons (Fsp3) is 0.700. The molecule has 0 aliphatic carbocycles. The van der Waals surface area contributed by atoms with E-state index in [1.165, 1.54) is 6.39 Å². The molecule has 1 atom stereocenters. The van der Waals surface area contributed by atoms with E-state index in [4.69, 9.17) is 5.73 Å². The highest BCUT2D eigenvalue weighted by Gasteiger charge is 2.14. The summed E-state index contributed by atoms with van der Waals surface area (Å²) in [7, 11) is 0. The molecule has 0 unspecified atom stereocenters. The van der Waals surface area contributed by atoms with E-state index in [-0.39, 0.29) is 5.91 Å². The van der Waals surface area contributed by atoms with Gasteiger partial charge in [-0.1, -0.05) is 19.0 Å². The van der Waals surface area contributed by atoms with Crippen molar-refractivity contribution in [1.29, 1.82) is 0 Å². The second-order valence-corrected chi connectivity index (χ2v) is 4.12. The number of carbonyl (C=O) groups excluding carboxylic acids is 1. The Bertz CT molecular complexity index is 311. The SMILES string of the molecule is CC(C)C[C@H](N)C(=O)NCCc1ncon1. The molecule has 1 aromatic rings. The minimum Gasteiger partial charge on any atom is -0.354 e. The van der Waals surface area contributed by atoms with Gasteiger partial charge in [-0.05, 0) is 12.3 Å². The summed E-state index contributed by atoms with van der Waals surface area (Å²) in [4.78, 5) is 15.4. The van der Waals surface area contributed by atoms with Gasteiger partial charge in [-0.25, -0.2) is 0 Å². The van der Waals surface area contributed by atoms with Crippen molar-refractivity contribution >= 4 is 5.91 Å². The summed E-state index contributed by atoms with van der Waals surface area (Å²) in [6.45, 7) is 4.54. The fourth-order valence-electron chi connectivity index (χ4n) is 1.35. The van der Waals surface area contributed by atoms with Crippen LogP contribution in [0.4, 0.5) is 0 Å². The molecule has 1 heterocycles. The van der Waals surface area contributed by atoms with Gasteiger partial charge in [-0.2, -0.15) is 4.98 Å². The Labute approximate surface area is 94.6 Å². The van der Waals surface area contributed by atoms with Crippen LogP contribution in [0.1, 0.15) is 26.1 Å². The smallest absolute Gasteiger partial charge is 0.236 e. The van der Waals surface area contributed by atoms with Gasteiger partial charge in [0.05, 0.1) is 6.04 Å². The van der Waals surface area contributed by atoms with Crippen molar-refractivity contribution in [3.63, 3.8) is 0 Å². The lowest BCUT2D eigenvalue weighted by molar-refractivity contribution is -0.122. The lowest BCUT2D eigenvalue weighted by Crippen LogP contribution is -2.42. The molecule has 0 spiro atoms. The summed E-state index contributed by atoms with van der Waals surface area (Å²) >= 11 is 0. The maximum atomic E-state index is 11.5. The molecule has 1 rings (SSSR count). The molecule has 0 aliphatic rings. The summed E-state index contributed by atoms with van der Waals surface area (Å²) in [5.41, 5.74) is 5.72. The maximum absolute atomic E-state index is 11.5. The Hall–Kier alpha value is -1.43. The zero-order chi connectivity index (χ0) is 12.0. The quantitative estimate of drug-likeness (QED) is 0.717. The molecule has 0 saturated carbocycles. The summed E-state index contributed by atoms with van der Waals surface area (Å²) in [5.74, 6) is 0.868. The van der Waals surface area contributed by atoms with Crippen LogP contribution in [0, 0.1) is 5.92 Å². The number of rotatable bonds is 6. The first-order valence-electron chi connectivity index (χ1n) is 5.38. The number of nitrogens with zero attached hydrogens (tertiary/aromatic N) is 2. The monoisotopic (exact) mass is 226 g/mol. The predicted octanol–water partition coefficient (Wildman–Crippen LogP) is 0.102. The van der Waals surface area contributed by atoms with Crippen molar-refractivity contribution in [1.82, 2.24) is 15.5 Å². The van der Waals surface area contributed by atoms with Crippen LogP contribution in [0.15, 0.2) is 10.9 Å². The van der Waals surface area contributed by atoms with Crippen molar-refractivity contribution in [2.75, 3.05) is 6.54 Å². The number of nitrogens with two attached hydrogens (primary N) is 1. The molecular formula is C10H18N4O2. The molecule has 0 bridgehead atoms. The van der Waals surface area contributed by atoms with E-state index in [0.717, 1.165) is 0 Å². The van der Waals surface area contributed by atoms with Gasteiger partial charge in [0.2, 0.25) is 12.3 Å². The highest BCUT2D eigenvalue weighted by molar-refractivity contribution is 5.81. The van der Waals surface area contributed by atoms with E-state index in [0.29, 0.717) is 31.1 Å². The van der Waals surface area contributed by atoms with E-state index in [1.54, 1.807) is 0 Å². The third kappa shape index (κ3) is 4.39. The first-order valence-corrected chi connectivity index (χ1v) is 5.38. The van der Waals surface area contributed by atoms with Crippen molar-refractivity contribution in [2.24, 2.45) is 11.7 Å². The van der Waals surface area contributed by atoms with Crippen molar-refractivity contribution in [3.8, 4) is 0 Å². The van der Waals surface area contributed by atoms with E-state index in [9.17, 15) is 4.79 Å². The van der Waals surface area contributed by atoms with Crippen LogP contribution in [0.2, 0.25) is 0 Å². The zero-order valence-electron chi connectivity index (χ0n) is 9.64. The third-order valence-corrected chi connectivity index (χ3v) is 2.12. The molecule has 0 aromatic carbocycles. The second-order valence-electron chi connectivity index (χ2n) is 4.12. The number of nitrogens with one attached hydrogen (secondary N) is 1. The average molecular weight is 226 g/mol. The summed E-state index contributed by atoms with van der Waals surface area (Å²) in [5, 5.41) is 6.38. The largest absolute Gasteiger partial charge is 0.354 e. The Balaban J connectivity index is 2.19.